The third-order valence-electron chi connectivity index (χ3n) is 3.77. The zero-order valence-corrected chi connectivity index (χ0v) is 13.1. The van der Waals surface area contributed by atoms with Crippen molar-refractivity contribution in [1.29, 1.82) is 0 Å². The number of rotatable bonds is 1. The first-order chi connectivity index (χ1) is 9.97. The van der Waals surface area contributed by atoms with Crippen molar-refractivity contribution in [2.75, 3.05) is 17.2 Å². The summed E-state index contributed by atoms with van der Waals surface area (Å²) in [4.78, 5) is 14.2. The lowest BCUT2D eigenvalue weighted by Gasteiger charge is -2.18. The van der Waals surface area contributed by atoms with Crippen molar-refractivity contribution in [2.24, 2.45) is 0 Å². The molecule has 0 fully saturated rings. The zero-order chi connectivity index (χ0) is 15.1. The molecule has 0 atom stereocenters. The predicted octanol–water partition coefficient (Wildman–Crippen LogP) is 3.68. The summed E-state index contributed by atoms with van der Waals surface area (Å²) in [6.45, 7) is 2.49. The van der Waals surface area contributed by atoms with Crippen LogP contribution in [0.3, 0.4) is 0 Å². The summed E-state index contributed by atoms with van der Waals surface area (Å²) in [5.41, 5.74) is 9.50. The van der Waals surface area contributed by atoms with E-state index in [4.69, 9.17) is 5.73 Å². The fourth-order valence-electron chi connectivity index (χ4n) is 2.60. The topological polar surface area (TPSA) is 46.3 Å². The standard InChI is InChI=1S/C16H14BrFN2O/c1-9-6-10-4-5-20(15(10)8-14(9)19)16(21)12-3-2-11(17)7-13(12)18/h2-3,6-8H,4-5,19H2,1H3. The largest absolute Gasteiger partial charge is 0.398 e. The first-order valence-corrected chi connectivity index (χ1v) is 7.42. The monoisotopic (exact) mass is 348 g/mol. The van der Waals surface area contributed by atoms with Crippen molar-refractivity contribution in [3.63, 3.8) is 0 Å². The van der Waals surface area contributed by atoms with Gasteiger partial charge in [0.05, 0.1) is 5.56 Å². The van der Waals surface area contributed by atoms with Gasteiger partial charge in [0.25, 0.3) is 5.91 Å². The van der Waals surface area contributed by atoms with Gasteiger partial charge < -0.3 is 10.6 Å². The van der Waals surface area contributed by atoms with Gasteiger partial charge in [-0.2, -0.15) is 0 Å². The molecule has 0 saturated heterocycles. The molecule has 2 aromatic carbocycles. The van der Waals surface area contributed by atoms with E-state index in [-0.39, 0.29) is 11.5 Å². The molecule has 21 heavy (non-hydrogen) atoms. The molecule has 1 aliphatic heterocycles. The summed E-state index contributed by atoms with van der Waals surface area (Å²) in [5, 5.41) is 0. The molecule has 0 aromatic heterocycles. The number of nitrogen functional groups attached to an aromatic ring is 1. The van der Waals surface area contributed by atoms with E-state index in [2.05, 4.69) is 15.9 Å². The van der Waals surface area contributed by atoms with Crippen molar-refractivity contribution >= 4 is 33.2 Å². The Morgan fingerprint density at radius 2 is 2.10 bits per heavy atom. The summed E-state index contributed by atoms with van der Waals surface area (Å²) in [7, 11) is 0. The van der Waals surface area contributed by atoms with Gasteiger partial charge in [-0.25, -0.2) is 4.39 Å². The van der Waals surface area contributed by atoms with E-state index in [1.54, 1.807) is 17.0 Å². The maximum Gasteiger partial charge on any atom is 0.261 e. The molecule has 5 heteroatoms. The number of carbonyl (C=O) groups excluding carboxylic acids is 1. The van der Waals surface area contributed by atoms with Crippen LogP contribution in [0, 0.1) is 12.7 Å². The van der Waals surface area contributed by atoms with Gasteiger partial charge in [-0.1, -0.05) is 22.0 Å². The SMILES string of the molecule is Cc1cc2c(cc1N)N(C(=O)c1ccc(Br)cc1F)CC2. The number of nitrogens with two attached hydrogens (primary N) is 1. The van der Waals surface area contributed by atoms with Crippen molar-refractivity contribution in [1.82, 2.24) is 0 Å². The first-order valence-electron chi connectivity index (χ1n) is 6.63. The van der Waals surface area contributed by atoms with Crippen LogP contribution in [-0.4, -0.2) is 12.5 Å². The highest BCUT2D eigenvalue weighted by Crippen LogP contribution is 2.33. The van der Waals surface area contributed by atoms with Gasteiger partial charge in [-0.15, -0.1) is 0 Å². The smallest absolute Gasteiger partial charge is 0.261 e. The predicted molar refractivity (Wildman–Crippen MR) is 85.1 cm³/mol. The molecule has 0 unspecified atom stereocenters. The van der Waals surface area contributed by atoms with Crippen molar-refractivity contribution < 1.29 is 9.18 Å². The zero-order valence-electron chi connectivity index (χ0n) is 11.5. The van der Waals surface area contributed by atoms with Crippen molar-refractivity contribution in [3.8, 4) is 0 Å². The van der Waals surface area contributed by atoms with Crippen LogP contribution in [0.4, 0.5) is 15.8 Å². The summed E-state index contributed by atoms with van der Waals surface area (Å²) in [6, 6.07) is 8.25. The Balaban J connectivity index is 2.00. The molecular formula is C16H14BrFN2O. The van der Waals surface area contributed by atoms with Crippen LogP contribution in [0.2, 0.25) is 0 Å². The number of amides is 1. The molecule has 3 nitrogen and oxygen atoms in total. The molecule has 0 aliphatic carbocycles. The van der Waals surface area contributed by atoms with Gasteiger partial charge >= 0.3 is 0 Å². The van der Waals surface area contributed by atoms with Crippen LogP contribution < -0.4 is 10.6 Å². The molecule has 1 aliphatic rings. The summed E-state index contributed by atoms with van der Waals surface area (Å²) < 4.78 is 14.6. The van der Waals surface area contributed by atoms with Crippen LogP contribution in [-0.2, 0) is 6.42 Å². The van der Waals surface area contributed by atoms with Crippen LogP contribution in [0.1, 0.15) is 21.5 Å². The number of halogens is 2. The van der Waals surface area contributed by atoms with E-state index in [1.165, 1.54) is 12.1 Å². The van der Waals surface area contributed by atoms with Gasteiger partial charge in [-0.3, -0.25) is 4.79 Å². The van der Waals surface area contributed by atoms with Crippen LogP contribution >= 0.6 is 15.9 Å². The summed E-state index contributed by atoms with van der Waals surface area (Å²) >= 11 is 3.19. The van der Waals surface area contributed by atoms with Gasteiger partial charge in [0.2, 0.25) is 0 Å². The van der Waals surface area contributed by atoms with Crippen LogP contribution in [0.25, 0.3) is 0 Å². The minimum absolute atomic E-state index is 0.0743. The third kappa shape index (κ3) is 2.42. The Morgan fingerprint density at radius 3 is 2.81 bits per heavy atom. The Labute approximate surface area is 130 Å². The van der Waals surface area contributed by atoms with Crippen molar-refractivity contribution in [3.05, 3.63) is 57.3 Å². The quantitative estimate of drug-likeness (QED) is 0.799. The number of fused-ring (bicyclic) bond motifs is 1. The second-order valence-corrected chi connectivity index (χ2v) is 6.08. The van der Waals surface area contributed by atoms with Crippen molar-refractivity contribution in [2.45, 2.75) is 13.3 Å². The number of aryl methyl sites for hydroxylation is 1. The number of carbonyl (C=O) groups is 1. The molecular weight excluding hydrogens is 335 g/mol. The number of nitrogens with zero attached hydrogens (tertiary/aromatic N) is 1. The Hall–Kier alpha value is -1.88. The Bertz CT molecular complexity index is 745. The molecule has 3 rings (SSSR count). The molecule has 1 heterocycles. The third-order valence-corrected chi connectivity index (χ3v) is 4.26. The molecule has 1 amide bonds. The molecule has 108 valence electrons. The highest BCUT2D eigenvalue weighted by atomic mass is 79.9. The lowest BCUT2D eigenvalue weighted by molar-refractivity contribution is 0.0985. The number of anilines is 2. The highest BCUT2D eigenvalue weighted by Gasteiger charge is 2.27. The van der Waals surface area contributed by atoms with Crippen LogP contribution in [0.15, 0.2) is 34.8 Å². The minimum atomic E-state index is -0.525. The van der Waals surface area contributed by atoms with E-state index in [0.717, 1.165) is 23.2 Å². The average molecular weight is 349 g/mol. The number of hydrogen-bond donors (Lipinski definition) is 1. The van der Waals surface area contributed by atoms with E-state index in [9.17, 15) is 9.18 Å². The number of hydrogen-bond acceptors (Lipinski definition) is 2. The molecule has 0 saturated carbocycles. The normalized spacial score (nSPS) is 13.4. The lowest BCUT2D eigenvalue weighted by Crippen LogP contribution is -2.29. The maximum absolute atomic E-state index is 14.0. The average Bonchev–Trinajstić information content (AvgIpc) is 2.81. The summed E-state index contributed by atoms with van der Waals surface area (Å²) in [6.07, 6.45) is 0.764. The van der Waals surface area contributed by atoms with Crippen LogP contribution in [0.5, 0.6) is 0 Å². The molecule has 2 aromatic rings. The molecule has 0 bridgehead atoms. The molecule has 0 radical (unpaired) electrons. The Kier molecular flexibility index (Phi) is 3.45. The fraction of sp³-hybridized carbons (Fsp3) is 0.188. The van der Waals surface area contributed by atoms with Gasteiger partial charge in [0.1, 0.15) is 5.82 Å². The number of benzene rings is 2. The highest BCUT2D eigenvalue weighted by molar-refractivity contribution is 9.10. The Morgan fingerprint density at radius 1 is 1.33 bits per heavy atom. The molecule has 0 spiro atoms. The van der Waals surface area contributed by atoms with Gasteiger partial charge in [0.15, 0.2) is 0 Å². The van der Waals surface area contributed by atoms with E-state index < -0.39 is 5.82 Å². The summed E-state index contributed by atoms with van der Waals surface area (Å²) in [5.74, 6) is -0.857. The lowest BCUT2D eigenvalue weighted by atomic mass is 10.1. The van der Waals surface area contributed by atoms with E-state index >= 15 is 0 Å². The molecule has 2 N–H and O–H groups in total. The van der Waals surface area contributed by atoms with Gasteiger partial charge in [0, 0.05) is 22.4 Å². The first kappa shape index (κ1) is 14.1. The fourth-order valence-corrected chi connectivity index (χ4v) is 2.93. The second-order valence-electron chi connectivity index (χ2n) is 5.17. The van der Waals surface area contributed by atoms with E-state index in [1.807, 2.05) is 13.0 Å². The van der Waals surface area contributed by atoms with E-state index in [0.29, 0.717) is 16.7 Å². The maximum atomic E-state index is 14.0. The van der Waals surface area contributed by atoms with Gasteiger partial charge in [-0.05, 0) is 48.7 Å². The second kappa shape index (κ2) is 5.15. The minimum Gasteiger partial charge on any atom is -0.398 e.